The van der Waals surface area contributed by atoms with Crippen molar-refractivity contribution in [2.24, 2.45) is 13.0 Å². The molecule has 3 heterocycles. The highest BCUT2D eigenvalue weighted by molar-refractivity contribution is 5.99. The van der Waals surface area contributed by atoms with Gasteiger partial charge in [-0.1, -0.05) is 11.8 Å². The second-order valence-electron chi connectivity index (χ2n) is 7.76. The zero-order valence-electron chi connectivity index (χ0n) is 18.1. The number of carbonyl (C=O) groups excluding carboxylic acids is 1. The minimum Gasteiger partial charge on any atom is -0.468 e. The number of anilines is 2. The number of aromatic nitrogens is 4. The van der Waals surface area contributed by atoms with E-state index < -0.39 is 0 Å². The Morgan fingerprint density at radius 1 is 1.16 bits per heavy atom. The van der Waals surface area contributed by atoms with Crippen LogP contribution in [0.15, 0.2) is 36.7 Å². The molecule has 1 amide bonds. The maximum atomic E-state index is 12.2. The summed E-state index contributed by atoms with van der Waals surface area (Å²) in [6.07, 6.45) is 5.34. The first-order chi connectivity index (χ1) is 15.6. The lowest BCUT2D eigenvalue weighted by Gasteiger charge is -2.09. The van der Waals surface area contributed by atoms with Crippen molar-refractivity contribution in [3.63, 3.8) is 0 Å². The van der Waals surface area contributed by atoms with Crippen LogP contribution in [0.3, 0.4) is 0 Å². The van der Waals surface area contributed by atoms with Gasteiger partial charge in [-0.3, -0.25) is 9.36 Å². The molecule has 2 N–H and O–H groups in total. The molecule has 1 aliphatic rings. The highest BCUT2D eigenvalue weighted by Gasteiger charge is 2.29. The van der Waals surface area contributed by atoms with Crippen LogP contribution in [0.2, 0.25) is 0 Å². The lowest BCUT2D eigenvalue weighted by atomic mass is 10.1. The summed E-state index contributed by atoms with van der Waals surface area (Å²) >= 11 is 0. The number of imidazole rings is 1. The predicted octanol–water partition coefficient (Wildman–Crippen LogP) is 3.32. The van der Waals surface area contributed by atoms with E-state index in [1.165, 1.54) is 0 Å². The van der Waals surface area contributed by atoms with E-state index in [9.17, 15) is 4.79 Å². The Morgan fingerprint density at radius 2 is 2.00 bits per heavy atom. The summed E-state index contributed by atoms with van der Waals surface area (Å²) in [6.45, 7) is 0. The van der Waals surface area contributed by atoms with Crippen molar-refractivity contribution < 1.29 is 9.53 Å². The molecule has 0 atom stereocenters. The fraction of sp³-hybridized carbons (Fsp3) is 0.250. The summed E-state index contributed by atoms with van der Waals surface area (Å²) in [7, 11) is 5.32. The van der Waals surface area contributed by atoms with Gasteiger partial charge in [0.05, 0.1) is 23.7 Å². The number of rotatable bonds is 4. The standard InChI is InChI=1S/C24H22N6O2/c1-25-22-18-13-26-21(29-23(31)15-7-8-15)11-17(18)16(12-27-22)6-4-14-5-9-19-20(10-14)30(2)24(28-19)32-3/h5,9-13,15H,7-8H2,1-3H3,(H,25,27)(H,26,29,31). The van der Waals surface area contributed by atoms with Crippen molar-refractivity contribution in [2.75, 3.05) is 24.8 Å². The Bertz CT molecular complexity index is 1430. The van der Waals surface area contributed by atoms with Gasteiger partial charge >= 0.3 is 0 Å². The predicted molar refractivity (Wildman–Crippen MR) is 124 cm³/mol. The number of fused-ring (bicyclic) bond motifs is 2. The highest BCUT2D eigenvalue weighted by Crippen LogP contribution is 2.31. The van der Waals surface area contributed by atoms with Crippen molar-refractivity contribution >= 4 is 39.3 Å². The molecule has 1 aliphatic carbocycles. The van der Waals surface area contributed by atoms with E-state index in [1.54, 1.807) is 19.5 Å². The van der Waals surface area contributed by atoms with Gasteiger partial charge in [-0.25, -0.2) is 9.97 Å². The van der Waals surface area contributed by atoms with Gasteiger partial charge in [0.15, 0.2) is 0 Å². The number of benzene rings is 1. The van der Waals surface area contributed by atoms with Gasteiger partial charge in [-0.05, 0) is 37.1 Å². The second-order valence-corrected chi connectivity index (χ2v) is 7.76. The van der Waals surface area contributed by atoms with Gasteiger partial charge < -0.3 is 15.4 Å². The van der Waals surface area contributed by atoms with Crippen LogP contribution in [-0.4, -0.2) is 39.6 Å². The van der Waals surface area contributed by atoms with Crippen LogP contribution < -0.4 is 15.4 Å². The van der Waals surface area contributed by atoms with E-state index in [0.29, 0.717) is 17.6 Å². The first-order valence-corrected chi connectivity index (χ1v) is 10.4. The number of nitrogens with zero attached hydrogens (tertiary/aromatic N) is 4. The molecular formula is C24H22N6O2. The fourth-order valence-electron chi connectivity index (χ4n) is 3.64. The monoisotopic (exact) mass is 426 g/mol. The first kappa shape index (κ1) is 19.8. The largest absolute Gasteiger partial charge is 0.468 e. The fourth-order valence-corrected chi connectivity index (χ4v) is 3.64. The molecule has 3 aromatic heterocycles. The van der Waals surface area contributed by atoms with E-state index in [1.807, 2.05) is 42.9 Å². The average molecular weight is 426 g/mol. The Hall–Kier alpha value is -4.12. The number of methoxy groups -OCH3 is 1. The number of aryl methyl sites for hydroxylation is 1. The van der Waals surface area contributed by atoms with Gasteiger partial charge in [-0.15, -0.1) is 0 Å². The number of carbonyl (C=O) groups is 1. The van der Waals surface area contributed by atoms with Gasteiger partial charge in [-0.2, -0.15) is 4.98 Å². The zero-order valence-corrected chi connectivity index (χ0v) is 18.1. The first-order valence-electron chi connectivity index (χ1n) is 10.4. The number of amides is 1. The Kier molecular flexibility index (Phi) is 4.86. The van der Waals surface area contributed by atoms with E-state index in [0.717, 1.165) is 45.8 Å². The summed E-state index contributed by atoms with van der Waals surface area (Å²) in [5.74, 6) is 7.82. The van der Waals surface area contributed by atoms with Crippen LogP contribution in [-0.2, 0) is 11.8 Å². The Balaban J connectivity index is 1.55. The van der Waals surface area contributed by atoms with Crippen LogP contribution in [0, 0.1) is 17.8 Å². The van der Waals surface area contributed by atoms with Gasteiger partial charge in [0.25, 0.3) is 6.01 Å². The number of nitrogens with one attached hydrogen (secondary N) is 2. The normalized spacial score (nSPS) is 13.0. The summed E-state index contributed by atoms with van der Waals surface area (Å²) in [5, 5.41) is 7.71. The summed E-state index contributed by atoms with van der Waals surface area (Å²) in [6, 6.07) is 8.26. The van der Waals surface area contributed by atoms with E-state index in [4.69, 9.17) is 4.74 Å². The molecule has 5 rings (SSSR count). The molecule has 1 aromatic carbocycles. The van der Waals surface area contributed by atoms with Crippen molar-refractivity contribution in [1.82, 2.24) is 19.5 Å². The minimum atomic E-state index is 0.0206. The quantitative estimate of drug-likeness (QED) is 0.486. The van der Waals surface area contributed by atoms with Gasteiger partial charge in [0.2, 0.25) is 5.91 Å². The Morgan fingerprint density at radius 3 is 2.75 bits per heavy atom. The molecule has 1 fully saturated rings. The van der Waals surface area contributed by atoms with Crippen molar-refractivity contribution in [3.8, 4) is 17.9 Å². The van der Waals surface area contributed by atoms with Crippen LogP contribution in [0.1, 0.15) is 24.0 Å². The maximum absolute atomic E-state index is 12.2. The molecule has 1 saturated carbocycles. The Labute approximate surface area is 185 Å². The van der Waals surface area contributed by atoms with Crippen LogP contribution in [0.25, 0.3) is 21.8 Å². The molecule has 4 aromatic rings. The van der Waals surface area contributed by atoms with Crippen molar-refractivity contribution in [3.05, 3.63) is 47.8 Å². The van der Waals surface area contributed by atoms with Crippen molar-refractivity contribution in [1.29, 1.82) is 0 Å². The molecule has 0 bridgehead atoms. The molecule has 0 radical (unpaired) electrons. The van der Waals surface area contributed by atoms with E-state index >= 15 is 0 Å². The number of hydrogen-bond donors (Lipinski definition) is 2. The SMILES string of the molecule is CNc1ncc(C#Cc2ccc3nc(OC)n(C)c3c2)c2cc(NC(=O)C3CC3)ncc12. The molecule has 8 heteroatoms. The smallest absolute Gasteiger partial charge is 0.296 e. The number of pyridine rings is 2. The van der Waals surface area contributed by atoms with Gasteiger partial charge in [0.1, 0.15) is 11.6 Å². The summed E-state index contributed by atoms with van der Waals surface area (Å²) < 4.78 is 7.18. The third-order valence-electron chi connectivity index (χ3n) is 5.57. The molecule has 160 valence electrons. The van der Waals surface area contributed by atoms with Crippen molar-refractivity contribution in [2.45, 2.75) is 12.8 Å². The maximum Gasteiger partial charge on any atom is 0.296 e. The van der Waals surface area contributed by atoms with Crippen LogP contribution in [0.5, 0.6) is 6.01 Å². The molecular weight excluding hydrogens is 404 g/mol. The van der Waals surface area contributed by atoms with Crippen LogP contribution >= 0.6 is 0 Å². The summed E-state index contributed by atoms with van der Waals surface area (Å²) in [5.41, 5.74) is 3.40. The molecule has 0 aliphatic heterocycles. The number of ether oxygens (including phenoxy) is 1. The molecule has 8 nitrogen and oxygen atoms in total. The second kappa shape index (κ2) is 7.85. The molecule has 0 spiro atoms. The van der Waals surface area contributed by atoms with E-state index in [-0.39, 0.29) is 11.8 Å². The third-order valence-corrected chi connectivity index (χ3v) is 5.57. The minimum absolute atomic E-state index is 0.0206. The third kappa shape index (κ3) is 3.58. The van der Waals surface area contributed by atoms with E-state index in [2.05, 4.69) is 37.4 Å². The lowest BCUT2D eigenvalue weighted by Crippen LogP contribution is -2.14. The molecule has 0 unspecified atom stereocenters. The highest BCUT2D eigenvalue weighted by atomic mass is 16.5. The topological polar surface area (TPSA) is 94.0 Å². The summed E-state index contributed by atoms with van der Waals surface area (Å²) in [4.78, 5) is 25.5. The number of hydrogen-bond acceptors (Lipinski definition) is 6. The average Bonchev–Trinajstić information content (AvgIpc) is 3.62. The van der Waals surface area contributed by atoms with Gasteiger partial charge in [0, 0.05) is 48.7 Å². The molecule has 32 heavy (non-hydrogen) atoms. The zero-order chi connectivity index (χ0) is 22.2. The lowest BCUT2D eigenvalue weighted by molar-refractivity contribution is -0.117. The van der Waals surface area contributed by atoms with Crippen LogP contribution in [0.4, 0.5) is 11.6 Å². The molecule has 0 saturated heterocycles.